The van der Waals surface area contributed by atoms with Gasteiger partial charge in [-0.2, -0.15) is 0 Å². The number of fused-ring (bicyclic) bond motifs is 1. The maximum atomic E-state index is 12.9. The highest BCUT2D eigenvalue weighted by Gasteiger charge is 2.29. The molecule has 0 aliphatic carbocycles. The fourth-order valence-corrected chi connectivity index (χ4v) is 4.92. The zero-order valence-electron chi connectivity index (χ0n) is 21.6. The molecule has 2 heterocycles. The van der Waals surface area contributed by atoms with Gasteiger partial charge in [-0.05, 0) is 62.7 Å². The van der Waals surface area contributed by atoms with Crippen LogP contribution in [0.2, 0.25) is 0 Å². The fourth-order valence-electron chi connectivity index (χ4n) is 4.92. The SMILES string of the molecule is CC/C(Nc1ccc(N(CCN2CCCCC2)C(C)=O)cc1)=C1/C(=O)Nc2cc(OC)c(OC)cc21. The van der Waals surface area contributed by atoms with Crippen LogP contribution in [0.25, 0.3) is 5.57 Å². The third kappa shape index (κ3) is 5.49. The molecular weight excluding hydrogens is 456 g/mol. The van der Waals surface area contributed by atoms with Gasteiger partial charge in [0, 0.05) is 48.7 Å². The third-order valence-corrected chi connectivity index (χ3v) is 6.87. The third-order valence-electron chi connectivity index (χ3n) is 6.87. The molecule has 4 rings (SSSR count). The van der Waals surface area contributed by atoms with Gasteiger partial charge in [0.05, 0.1) is 25.5 Å². The summed E-state index contributed by atoms with van der Waals surface area (Å²) < 4.78 is 10.8. The summed E-state index contributed by atoms with van der Waals surface area (Å²) >= 11 is 0. The lowest BCUT2D eigenvalue weighted by Gasteiger charge is -2.29. The molecule has 0 spiro atoms. The van der Waals surface area contributed by atoms with E-state index >= 15 is 0 Å². The number of benzene rings is 2. The Balaban J connectivity index is 1.53. The van der Waals surface area contributed by atoms with Gasteiger partial charge in [0.25, 0.3) is 5.91 Å². The van der Waals surface area contributed by atoms with Crippen molar-refractivity contribution in [2.24, 2.45) is 0 Å². The van der Waals surface area contributed by atoms with Gasteiger partial charge in [-0.15, -0.1) is 0 Å². The van der Waals surface area contributed by atoms with Crippen LogP contribution in [0.15, 0.2) is 42.1 Å². The van der Waals surface area contributed by atoms with Crippen LogP contribution < -0.4 is 25.0 Å². The van der Waals surface area contributed by atoms with Crippen molar-refractivity contribution in [3.8, 4) is 11.5 Å². The van der Waals surface area contributed by atoms with Crippen LogP contribution in [0.4, 0.5) is 17.1 Å². The number of hydrogen-bond acceptors (Lipinski definition) is 6. The lowest BCUT2D eigenvalue weighted by Crippen LogP contribution is -2.39. The Labute approximate surface area is 213 Å². The average molecular weight is 493 g/mol. The van der Waals surface area contributed by atoms with E-state index in [1.165, 1.54) is 19.3 Å². The molecule has 8 nitrogen and oxygen atoms in total. The van der Waals surface area contributed by atoms with Crippen molar-refractivity contribution in [2.45, 2.75) is 39.5 Å². The van der Waals surface area contributed by atoms with Gasteiger partial charge >= 0.3 is 0 Å². The highest BCUT2D eigenvalue weighted by Crippen LogP contribution is 2.42. The number of piperidine rings is 1. The van der Waals surface area contributed by atoms with Gasteiger partial charge in [-0.25, -0.2) is 0 Å². The van der Waals surface area contributed by atoms with Crippen molar-refractivity contribution in [1.29, 1.82) is 0 Å². The number of anilines is 3. The van der Waals surface area contributed by atoms with Crippen LogP contribution in [0, 0.1) is 0 Å². The summed E-state index contributed by atoms with van der Waals surface area (Å²) in [5, 5.41) is 6.35. The molecule has 0 unspecified atom stereocenters. The van der Waals surface area contributed by atoms with Gasteiger partial charge in [-0.1, -0.05) is 13.3 Å². The van der Waals surface area contributed by atoms with Crippen molar-refractivity contribution < 1.29 is 19.1 Å². The Morgan fingerprint density at radius 3 is 2.33 bits per heavy atom. The first-order valence-corrected chi connectivity index (χ1v) is 12.6. The number of carbonyl (C=O) groups excluding carboxylic acids is 2. The Bertz CT molecular complexity index is 1140. The van der Waals surface area contributed by atoms with Gasteiger partial charge in [0.1, 0.15) is 0 Å². The van der Waals surface area contributed by atoms with E-state index in [1.807, 2.05) is 42.2 Å². The second-order valence-corrected chi connectivity index (χ2v) is 9.16. The zero-order valence-corrected chi connectivity index (χ0v) is 21.6. The molecule has 2 aromatic carbocycles. The molecule has 0 aromatic heterocycles. The second kappa shape index (κ2) is 11.5. The molecule has 2 aromatic rings. The van der Waals surface area contributed by atoms with Crippen molar-refractivity contribution in [2.75, 3.05) is 55.9 Å². The molecular formula is C28H36N4O4. The van der Waals surface area contributed by atoms with E-state index < -0.39 is 0 Å². The molecule has 8 heteroatoms. The predicted octanol–water partition coefficient (Wildman–Crippen LogP) is 4.73. The van der Waals surface area contributed by atoms with Crippen LogP contribution in [-0.4, -0.2) is 57.1 Å². The molecule has 0 atom stereocenters. The van der Waals surface area contributed by atoms with Crippen molar-refractivity contribution in [3.05, 3.63) is 47.7 Å². The van der Waals surface area contributed by atoms with Crippen molar-refractivity contribution in [1.82, 2.24) is 4.90 Å². The van der Waals surface area contributed by atoms with E-state index in [1.54, 1.807) is 27.2 Å². The van der Waals surface area contributed by atoms with E-state index in [0.717, 1.165) is 42.3 Å². The lowest BCUT2D eigenvalue weighted by atomic mass is 10.0. The minimum atomic E-state index is -0.165. The number of rotatable bonds is 9. The highest BCUT2D eigenvalue weighted by molar-refractivity contribution is 6.32. The smallest absolute Gasteiger partial charge is 0.258 e. The number of ether oxygens (including phenoxy) is 2. The van der Waals surface area contributed by atoms with E-state index in [4.69, 9.17) is 9.47 Å². The van der Waals surface area contributed by atoms with Crippen LogP contribution in [0.5, 0.6) is 11.5 Å². The molecule has 2 N–H and O–H groups in total. The number of hydrogen-bond donors (Lipinski definition) is 2. The van der Waals surface area contributed by atoms with Gasteiger partial charge in [-0.3, -0.25) is 9.59 Å². The number of nitrogens with one attached hydrogen (secondary N) is 2. The standard InChI is InChI=1S/C28H36N4O4/c1-5-23(27-22-17-25(35-3)26(36-4)18-24(22)30-28(27)34)29-20-9-11-21(12-10-20)32(19(2)33)16-15-31-13-7-6-8-14-31/h9-12,17-18,29H,5-8,13-16H2,1-4H3,(H,30,34)/b27-23-. The highest BCUT2D eigenvalue weighted by atomic mass is 16.5. The van der Waals surface area contributed by atoms with Crippen LogP contribution in [-0.2, 0) is 9.59 Å². The lowest BCUT2D eigenvalue weighted by molar-refractivity contribution is -0.116. The molecule has 1 saturated heterocycles. The molecule has 0 saturated carbocycles. The number of nitrogens with zero attached hydrogens (tertiary/aromatic N) is 2. The van der Waals surface area contributed by atoms with Crippen LogP contribution in [0.1, 0.15) is 45.1 Å². The molecule has 0 bridgehead atoms. The average Bonchev–Trinajstić information content (AvgIpc) is 3.22. The Hall–Kier alpha value is -3.52. The topological polar surface area (TPSA) is 83.1 Å². The van der Waals surface area contributed by atoms with E-state index in [9.17, 15) is 9.59 Å². The second-order valence-electron chi connectivity index (χ2n) is 9.16. The zero-order chi connectivity index (χ0) is 25.7. The van der Waals surface area contributed by atoms with Crippen molar-refractivity contribution >= 4 is 34.4 Å². The largest absolute Gasteiger partial charge is 0.493 e. The van der Waals surface area contributed by atoms with E-state index in [2.05, 4.69) is 15.5 Å². The first-order chi connectivity index (χ1) is 17.4. The first-order valence-electron chi connectivity index (χ1n) is 12.6. The minimum absolute atomic E-state index is 0.0349. The number of methoxy groups -OCH3 is 2. The number of likely N-dealkylation sites (tertiary alicyclic amines) is 1. The maximum absolute atomic E-state index is 12.9. The van der Waals surface area contributed by atoms with Crippen LogP contribution in [0.3, 0.4) is 0 Å². The summed E-state index contributed by atoms with van der Waals surface area (Å²) in [7, 11) is 3.15. The van der Waals surface area contributed by atoms with E-state index in [0.29, 0.717) is 35.7 Å². The summed E-state index contributed by atoms with van der Waals surface area (Å²) in [6, 6.07) is 11.4. The Morgan fingerprint density at radius 2 is 1.72 bits per heavy atom. The van der Waals surface area contributed by atoms with Gasteiger partial charge < -0.3 is 29.9 Å². The molecule has 1 fully saturated rings. The molecule has 2 aliphatic heterocycles. The van der Waals surface area contributed by atoms with Gasteiger partial charge in [0.15, 0.2) is 11.5 Å². The Morgan fingerprint density at radius 1 is 1.06 bits per heavy atom. The molecule has 2 aliphatic rings. The summed E-state index contributed by atoms with van der Waals surface area (Å²) in [5.74, 6) is 1.00. The normalized spacial score (nSPS) is 16.7. The van der Waals surface area contributed by atoms with Gasteiger partial charge in [0.2, 0.25) is 5.91 Å². The molecule has 2 amide bonds. The minimum Gasteiger partial charge on any atom is -0.493 e. The fraction of sp³-hybridized carbons (Fsp3) is 0.429. The van der Waals surface area contributed by atoms with E-state index in [-0.39, 0.29) is 11.8 Å². The molecule has 192 valence electrons. The van der Waals surface area contributed by atoms with Crippen LogP contribution >= 0.6 is 0 Å². The summed E-state index contributed by atoms with van der Waals surface area (Å²) in [6.07, 6.45) is 4.40. The summed E-state index contributed by atoms with van der Waals surface area (Å²) in [5.41, 5.74) is 4.59. The number of carbonyl (C=O) groups is 2. The first kappa shape index (κ1) is 25.6. The number of amides is 2. The maximum Gasteiger partial charge on any atom is 0.258 e. The van der Waals surface area contributed by atoms with Crippen molar-refractivity contribution in [3.63, 3.8) is 0 Å². The molecule has 36 heavy (non-hydrogen) atoms. The summed E-state index contributed by atoms with van der Waals surface area (Å²) in [6.45, 7) is 7.40. The monoisotopic (exact) mass is 492 g/mol. The Kier molecular flexibility index (Phi) is 8.15. The summed E-state index contributed by atoms with van der Waals surface area (Å²) in [4.78, 5) is 29.5. The number of allylic oxidation sites excluding steroid dienone is 1. The molecule has 0 radical (unpaired) electrons. The quantitative estimate of drug-likeness (QED) is 0.493. The predicted molar refractivity (Wildman–Crippen MR) is 144 cm³/mol.